The lowest BCUT2D eigenvalue weighted by atomic mass is 10.0. The number of rotatable bonds is 6. The van der Waals surface area contributed by atoms with E-state index in [4.69, 9.17) is 5.11 Å². The molecule has 0 saturated heterocycles. The van der Waals surface area contributed by atoms with E-state index in [1.165, 1.54) is 13.8 Å². The van der Waals surface area contributed by atoms with Gasteiger partial charge >= 0.3 is 12.5 Å². The number of hydrogen-bond donors (Lipinski definition) is 2. The summed E-state index contributed by atoms with van der Waals surface area (Å²) in [6.45, 7) is 3.55. The van der Waals surface area contributed by atoms with Crippen LogP contribution in [-0.2, 0) is 16.0 Å². The second-order valence-corrected chi connectivity index (χ2v) is 5.18. The highest BCUT2D eigenvalue weighted by Crippen LogP contribution is 2.19. The number of aryl methyl sites for hydroxylation is 1. The van der Waals surface area contributed by atoms with Gasteiger partial charge < -0.3 is 10.4 Å². The van der Waals surface area contributed by atoms with Gasteiger partial charge in [-0.15, -0.1) is 0 Å². The van der Waals surface area contributed by atoms with E-state index in [1.54, 1.807) is 13.8 Å². The number of aromatic nitrogens is 2. The van der Waals surface area contributed by atoms with Gasteiger partial charge in [0.05, 0.1) is 12.1 Å². The molecule has 0 aliphatic rings. The number of nitrogens with one attached hydrogen (secondary N) is 1. The fourth-order valence-corrected chi connectivity index (χ4v) is 2.04. The van der Waals surface area contributed by atoms with Gasteiger partial charge in [0.25, 0.3) is 0 Å². The molecular weight excluding hydrogens is 284 g/mol. The second kappa shape index (κ2) is 6.64. The third-order valence-corrected chi connectivity index (χ3v) is 3.25. The lowest BCUT2D eigenvalue weighted by Crippen LogP contribution is -2.45. The maximum absolute atomic E-state index is 12.7. The van der Waals surface area contributed by atoms with E-state index in [2.05, 4.69) is 10.4 Å². The molecule has 0 bridgehead atoms. The van der Waals surface area contributed by atoms with Gasteiger partial charge in [-0.2, -0.15) is 13.9 Å². The summed E-state index contributed by atoms with van der Waals surface area (Å²) < 4.78 is 26.0. The van der Waals surface area contributed by atoms with Crippen molar-refractivity contribution in [3.63, 3.8) is 0 Å². The van der Waals surface area contributed by atoms with Crippen LogP contribution in [-0.4, -0.2) is 32.8 Å². The van der Waals surface area contributed by atoms with Crippen molar-refractivity contribution in [2.45, 2.75) is 46.7 Å². The zero-order valence-corrected chi connectivity index (χ0v) is 12.4. The Hall–Kier alpha value is -1.99. The molecule has 1 rings (SSSR count). The topological polar surface area (TPSA) is 84.2 Å². The number of carbonyl (C=O) groups is 2. The number of hydrogen-bond acceptors (Lipinski definition) is 3. The Morgan fingerprint density at radius 3 is 2.29 bits per heavy atom. The van der Waals surface area contributed by atoms with E-state index in [9.17, 15) is 18.4 Å². The summed E-state index contributed by atoms with van der Waals surface area (Å²) in [5.41, 5.74) is 0.925. The van der Waals surface area contributed by atoms with E-state index in [-0.39, 0.29) is 18.0 Å². The highest BCUT2D eigenvalue weighted by molar-refractivity contribution is 5.85. The molecule has 0 aliphatic heterocycles. The third kappa shape index (κ3) is 3.99. The number of alkyl halides is 2. The third-order valence-electron chi connectivity index (χ3n) is 3.25. The lowest BCUT2D eigenvalue weighted by Gasteiger charge is -2.17. The van der Waals surface area contributed by atoms with Crippen LogP contribution in [0.25, 0.3) is 0 Å². The summed E-state index contributed by atoms with van der Waals surface area (Å²) in [5, 5.41) is 15.1. The zero-order chi connectivity index (χ0) is 16.3. The molecule has 21 heavy (non-hydrogen) atoms. The molecule has 0 aliphatic carbocycles. The summed E-state index contributed by atoms with van der Waals surface area (Å²) in [4.78, 5) is 22.9. The molecule has 0 radical (unpaired) electrons. The first-order valence-electron chi connectivity index (χ1n) is 6.50. The van der Waals surface area contributed by atoms with Crippen molar-refractivity contribution in [2.24, 2.45) is 5.92 Å². The standard InChI is InChI=1S/C13H19F2N3O3/c1-6(2)11(12(20)21)16-10(19)5-9-7(3)17-18(8(9)4)13(14)15/h6,11,13H,5H2,1-4H3,(H,16,19)(H,20,21)/t11-/m1/s1. The van der Waals surface area contributed by atoms with Crippen LogP contribution in [0.15, 0.2) is 0 Å². The number of nitrogens with zero attached hydrogens (tertiary/aromatic N) is 2. The van der Waals surface area contributed by atoms with E-state index in [0.29, 0.717) is 15.9 Å². The Morgan fingerprint density at radius 1 is 1.33 bits per heavy atom. The molecule has 1 aromatic heterocycles. The minimum atomic E-state index is -2.78. The van der Waals surface area contributed by atoms with Gasteiger partial charge in [0.1, 0.15) is 6.04 Å². The van der Waals surface area contributed by atoms with Crippen LogP contribution >= 0.6 is 0 Å². The second-order valence-electron chi connectivity index (χ2n) is 5.18. The Kier molecular flexibility index (Phi) is 5.40. The van der Waals surface area contributed by atoms with Crippen molar-refractivity contribution in [1.82, 2.24) is 15.1 Å². The molecule has 8 heteroatoms. The average Bonchev–Trinajstić information content (AvgIpc) is 2.63. The molecule has 118 valence electrons. The maximum Gasteiger partial charge on any atom is 0.333 e. The van der Waals surface area contributed by atoms with Crippen molar-refractivity contribution >= 4 is 11.9 Å². The predicted octanol–water partition coefficient (Wildman–Crippen LogP) is 1.66. The molecule has 0 spiro atoms. The molecule has 6 nitrogen and oxygen atoms in total. The van der Waals surface area contributed by atoms with E-state index >= 15 is 0 Å². The van der Waals surface area contributed by atoms with Crippen LogP contribution in [0.3, 0.4) is 0 Å². The minimum Gasteiger partial charge on any atom is -0.480 e. The van der Waals surface area contributed by atoms with Gasteiger partial charge in [-0.3, -0.25) is 4.79 Å². The Labute approximate surface area is 121 Å². The first kappa shape index (κ1) is 17.1. The van der Waals surface area contributed by atoms with Crippen LogP contribution in [0.4, 0.5) is 8.78 Å². The van der Waals surface area contributed by atoms with E-state index < -0.39 is 24.5 Å². The van der Waals surface area contributed by atoms with E-state index in [1.807, 2.05) is 0 Å². The largest absolute Gasteiger partial charge is 0.480 e. The summed E-state index contributed by atoms with van der Waals surface area (Å²) in [6.07, 6.45) is -0.180. The van der Waals surface area contributed by atoms with Crippen LogP contribution in [0, 0.1) is 19.8 Å². The highest BCUT2D eigenvalue weighted by atomic mass is 19.3. The Balaban J connectivity index is 2.87. The lowest BCUT2D eigenvalue weighted by molar-refractivity contribution is -0.143. The zero-order valence-electron chi connectivity index (χ0n) is 12.4. The number of halogens is 2. The fourth-order valence-electron chi connectivity index (χ4n) is 2.04. The van der Waals surface area contributed by atoms with Gasteiger partial charge in [0.2, 0.25) is 5.91 Å². The quantitative estimate of drug-likeness (QED) is 0.837. The summed E-state index contributed by atoms with van der Waals surface area (Å²) in [7, 11) is 0. The fraction of sp³-hybridized carbons (Fsp3) is 0.615. The van der Waals surface area contributed by atoms with Crippen LogP contribution < -0.4 is 5.32 Å². The highest BCUT2D eigenvalue weighted by Gasteiger charge is 2.25. The van der Waals surface area contributed by atoms with Crippen LogP contribution in [0.1, 0.15) is 37.3 Å². The van der Waals surface area contributed by atoms with Crippen molar-refractivity contribution in [3.8, 4) is 0 Å². The maximum atomic E-state index is 12.7. The molecule has 0 aromatic carbocycles. The summed E-state index contributed by atoms with van der Waals surface area (Å²) in [6, 6.07) is -1.01. The molecule has 1 atom stereocenters. The number of carbonyl (C=O) groups excluding carboxylic acids is 1. The van der Waals surface area contributed by atoms with Gasteiger partial charge in [-0.1, -0.05) is 13.8 Å². The number of amides is 1. The first-order chi connectivity index (χ1) is 9.65. The van der Waals surface area contributed by atoms with Crippen molar-refractivity contribution in [1.29, 1.82) is 0 Å². The van der Waals surface area contributed by atoms with Gasteiger partial charge in [0, 0.05) is 11.3 Å². The van der Waals surface area contributed by atoms with Crippen molar-refractivity contribution in [3.05, 3.63) is 17.0 Å². The van der Waals surface area contributed by atoms with Gasteiger partial charge in [0.15, 0.2) is 0 Å². The summed E-state index contributed by atoms with van der Waals surface area (Å²) in [5.74, 6) is -1.94. The van der Waals surface area contributed by atoms with Gasteiger partial charge in [-0.25, -0.2) is 9.48 Å². The van der Waals surface area contributed by atoms with E-state index in [0.717, 1.165) is 0 Å². The SMILES string of the molecule is Cc1nn(C(F)F)c(C)c1CC(=O)N[C@@H](C(=O)O)C(C)C. The normalized spacial score (nSPS) is 12.8. The van der Waals surface area contributed by atoms with Crippen molar-refractivity contribution < 1.29 is 23.5 Å². The average molecular weight is 303 g/mol. The van der Waals surface area contributed by atoms with Crippen LogP contribution in [0.5, 0.6) is 0 Å². The molecule has 1 heterocycles. The smallest absolute Gasteiger partial charge is 0.333 e. The number of carboxylic acids is 1. The van der Waals surface area contributed by atoms with Gasteiger partial charge in [-0.05, 0) is 19.8 Å². The Bertz CT molecular complexity index is 541. The predicted molar refractivity (Wildman–Crippen MR) is 71.1 cm³/mol. The Morgan fingerprint density at radius 2 is 1.90 bits per heavy atom. The molecule has 1 aromatic rings. The molecule has 2 N–H and O–H groups in total. The monoisotopic (exact) mass is 303 g/mol. The molecule has 0 fully saturated rings. The number of aliphatic carboxylic acids is 1. The molecular formula is C13H19F2N3O3. The van der Waals surface area contributed by atoms with Crippen LogP contribution in [0.2, 0.25) is 0 Å². The summed E-state index contributed by atoms with van der Waals surface area (Å²) >= 11 is 0. The first-order valence-corrected chi connectivity index (χ1v) is 6.50. The van der Waals surface area contributed by atoms with Crippen molar-refractivity contribution in [2.75, 3.05) is 0 Å². The minimum absolute atomic E-state index is 0.180. The molecule has 0 unspecified atom stereocenters. The molecule has 1 amide bonds. The number of carboxylic acid groups (broad SMARTS) is 1. The molecule has 0 saturated carbocycles.